The van der Waals surface area contributed by atoms with E-state index < -0.39 is 0 Å². The molecule has 132 valence electrons. The van der Waals surface area contributed by atoms with Crippen molar-refractivity contribution < 1.29 is 14.3 Å². The topological polar surface area (TPSA) is 89.5 Å². The summed E-state index contributed by atoms with van der Waals surface area (Å²) in [4.78, 5) is 26.1. The van der Waals surface area contributed by atoms with Crippen molar-refractivity contribution >= 4 is 11.7 Å². The Morgan fingerprint density at radius 1 is 1.36 bits per heavy atom. The van der Waals surface area contributed by atoms with E-state index in [-0.39, 0.29) is 23.7 Å². The molecule has 0 unspecified atom stereocenters. The SMILES string of the molecule is CN(C)C(=O)c1cncc(N[C@@H]2COCC[C@H]2Oc2ccccn2)n1. The normalized spacial score (nSPS) is 19.9. The van der Waals surface area contributed by atoms with Gasteiger partial charge in [-0.2, -0.15) is 0 Å². The van der Waals surface area contributed by atoms with Gasteiger partial charge in [0.05, 0.1) is 31.6 Å². The lowest BCUT2D eigenvalue weighted by Gasteiger charge is -2.32. The van der Waals surface area contributed by atoms with Crippen LogP contribution in [0.2, 0.25) is 0 Å². The summed E-state index contributed by atoms with van der Waals surface area (Å²) in [5, 5.41) is 3.26. The van der Waals surface area contributed by atoms with E-state index in [0.717, 1.165) is 6.42 Å². The maximum atomic E-state index is 12.0. The first-order valence-corrected chi connectivity index (χ1v) is 8.09. The average Bonchev–Trinajstić information content (AvgIpc) is 2.64. The molecule has 0 spiro atoms. The van der Waals surface area contributed by atoms with Crippen molar-refractivity contribution in [3.63, 3.8) is 0 Å². The van der Waals surface area contributed by atoms with Crippen LogP contribution in [0, 0.1) is 0 Å². The van der Waals surface area contributed by atoms with Gasteiger partial charge in [-0.15, -0.1) is 0 Å². The molecule has 3 heterocycles. The Morgan fingerprint density at radius 2 is 2.24 bits per heavy atom. The highest BCUT2D eigenvalue weighted by Crippen LogP contribution is 2.18. The molecule has 0 aromatic carbocycles. The number of hydrogen-bond acceptors (Lipinski definition) is 7. The molecule has 0 bridgehead atoms. The zero-order chi connectivity index (χ0) is 17.6. The largest absolute Gasteiger partial charge is 0.472 e. The molecule has 0 saturated carbocycles. The summed E-state index contributed by atoms with van der Waals surface area (Å²) in [6.45, 7) is 1.10. The zero-order valence-electron chi connectivity index (χ0n) is 14.3. The predicted molar refractivity (Wildman–Crippen MR) is 91.5 cm³/mol. The molecular formula is C17H21N5O3. The van der Waals surface area contributed by atoms with Crippen LogP contribution in [0.5, 0.6) is 5.88 Å². The molecule has 1 saturated heterocycles. The second kappa shape index (κ2) is 7.89. The molecular weight excluding hydrogens is 322 g/mol. The first-order valence-electron chi connectivity index (χ1n) is 8.09. The Balaban J connectivity index is 1.71. The van der Waals surface area contributed by atoms with Gasteiger partial charge in [0.2, 0.25) is 5.88 Å². The van der Waals surface area contributed by atoms with E-state index in [4.69, 9.17) is 9.47 Å². The maximum Gasteiger partial charge on any atom is 0.273 e. The minimum Gasteiger partial charge on any atom is -0.472 e. The Morgan fingerprint density at radius 3 is 3.00 bits per heavy atom. The predicted octanol–water partition coefficient (Wildman–Crippen LogP) is 1.22. The molecule has 8 nitrogen and oxygen atoms in total. The summed E-state index contributed by atoms with van der Waals surface area (Å²) in [6.07, 6.45) is 5.35. The lowest BCUT2D eigenvalue weighted by Crippen LogP contribution is -2.46. The smallest absolute Gasteiger partial charge is 0.273 e. The van der Waals surface area contributed by atoms with Gasteiger partial charge in [0.25, 0.3) is 5.91 Å². The zero-order valence-corrected chi connectivity index (χ0v) is 14.3. The first kappa shape index (κ1) is 17.1. The number of amides is 1. The fourth-order valence-corrected chi connectivity index (χ4v) is 2.52. The van der Waals surface area contributed by atoms with Crippen LogP contribution in [0.25, 0.3) is 0 Å². The molecule has 2 aromatic heterocycles. The van der Waals surface area contributed by atoms with Crippen LogP contribution in [0.4, 0.5) is 5.82 Å². The highest BCUT2D eigenvalue weighted by molar-refractivity contribution is 5.91. The van der Waals surface area contributed by atoms with Crippen LogP contribution < -0.4 is 10.1 Å². The molecule has 0 aliphatic carbocycles. The van der Waals surface area contributed by atoms with Gasteiger partial charge in [0, 0.05) is 32.8 Å². The van der Waals surface area contributed by atoms with Crippen molar-refractivity contribution in [2.24, 2.45) is 0 Å². The van der Waals surface area contributed by atoms with Gasteiger partial charge in [-0.05, 0) is 6.07 Å². The van der Waals surface area contributed by atoms with Crippen LogP contribution in [0.3, 0.4) is 0 Å². The van der Waals surface area contributed by atoms with Gasteiger partial charge in [0.1, 0.15) is 17.6 Å². The standard InChI is InChI=1S/C17H21N5O3/c1-22(2)17(23)12-9-18-10-15(20-12)21-13-11-24-8-6-14(13)25-16-5-3-4-7-19-16/h3-5,7,9-10,13-14H,6,8,11H2,1-2H3,(H,20,21)/t13-,14-/m1/s1. The third kappa shape index (κ3) is 4.42. The number of hydrogen-bond donors (Lipinski definition) is 1. The average molecular weight is 343 g/mol. The van der Waals surface area contributed by atoms with Crippen LogP contribution in [-0.2, 0) is 4.74 Å². The fourth-order valence-electron chi connectivity index (χ4n) is 2.52. The minimum absolute atomic E-state index is 0.112. The number of nitrogens with zero attached hydrogens (tertiary/aromatic N) is 4. The van der Waals surface area contributed by atoms with Crippen molar-refractivity contribution in [1.82, 2.24) is 19.9 Å². The summed E-state index contributed by atoms with van der Waals surface area (Å²) >= 11 is 0. The fraction of sp³-hybridized carbons (Fsp3) is 0.412. The Labute approximate surface area is 146 Å². The van der Waals surface area contributed by atoms with Crippen molar-refractivity contribution in [2.45, 2.75) is 18.6 Å². The van der Waals surface area contributed by atoms with Crippen LogP contribution >= 0.6 is 0 Å². The lowest BCUT2D eigenvalue weighted by atomic mass is 10.1. The van der Waals surface area contributed by atoms with Gasteiger partial charge < -0.3 is 19.7 Å². The third-order valence-corrected chi connectivity index (χ3v) is 3.80. The number of pyridine rings is 1. The van der Waals surface area contributed by atoms with Crippen molar-refractivity contribution in [3.05, 3.63) is 42.5 Å². The molecule has 0 radical (unpaired) electrons. The van der Waals surface area contributed by atoms with E-state index >= 15 is 0 Å². The second-order valence-electron chi connectivity index (χ2n) is 5.93. The molecule has 25 heavy (non-hydrogen) atoms. The number of nitrogens with one attached hydrogen (secondary N) is 1. The highest BCUT2D eigenvalue weighted by atomic mass is 16.5. The number of aromatic nitrogens is 3. The molecule has 2 aromatic rings. The van der Waals surface area contributed by atoms with Crippen molar-refractivity contribution in [1.29, 1.82) is 0 Å². The molecule has 1 aliphatic heterocycles. The number of rotatable bonds is 5. The van der Waals surface area contributed by atoms with Crippen molar-refractivity contribution in [3.8, 4) is 5.88 Å². The summed E-state index contributed by atoms with van der Waals surface area (Å²) in [6, 6.07) is 5.43. The molecule has 3 rings (SSSR count). The molecule has 1 aliphatic rings. The number of carbonyl (C=O) groups excluding carboxylic acids is 1. The van der Waals surface area contributed by atoms with E-state index in [2.05, 4.69) is 20.3 Å². The molecule has 1 amide bonds. The van der Waals surface area contributed by atoms with E-state index in [9.17, 15) is 4.79 Å². The van der Waals surface area contributed by atoms with E-state index in [1.165, 1.54) is 11.1 Å². The Bertz CT molecular complexity index is 710. The van der Waals surface area contributed by atoms with E-state index in [1.54, 1.807) is 26.5 Å². The van der Waals surface area contributed by atoms with Gasteiger partial charge in [-0.1, -0.05) is 6.07 Å². The van der Waals surface area contributed by atoms with Crippen LogP contribution in [0.15, 0.2) is 36.8 Å². The molecule has 2 atom stereocenters. The van der Waals surface area contributed by atoms with Crippen LogP contribution in [-0.4, -0.2) is 65.2 Å². The maximum absolute atomic E-state index is 12.0. The minimum atomic E-state index is -0.197. The number of ether oxygens (including phenoxy) is 2. The Hall–Kier alpha value is -2.74. The van der Waals surface area contributed by atoms with Crippen LogP contribution in [0.1, 0.15) is 16.9 Å². The second-order valence-corrected chi connectivity index (χ2v) is 5.93. The Kier molecular flexibility index (Phi) is 5.39. The highest BCUT2D eigenvalue weighted by Gasteiger charge is 2.28. The monoisotopic (exact) mass is 343 g/mol. The van der Waals surface area contributed by atoms with Gasteiger partial charge in [-0.3, -0.25) is 9.78 Å². The molecule has 8 heteroatoms. The summed E-state index contributed by atoms with van der Waals surface area (Å²) in [5.74, 6) is 0.888. The van der Waals surface area contributed by atoms with E-state index in [0.29, 0.717) is 24.9 Å². The number of carbonyl (C=O) groups is 1. The van der Waals surface area contributed by atoms with Gasteiger partial charge >= 0.3 is 0 Å². The quantitative estimate of drug-likeness (QED) is 0.873. The van der Waals surface area contributed by atoms with Gasteiger partial charge in [0.15, 0.2) is 0 Å². The molecule has 1 fully saturated rings. The van der Waals surface area contributed by atoms with E-state index in [1.807, 2.05) is 18.2 Å². The van der Waals surface area contributed by atoms with Crippen molar-refractivity contribution in [2.75, 3.05) is 32.6 Å². The third-order valence-electron chi connectivity index (χ3n) is 3.80. The summed E-state index contributed by atoms with van der Waals surface area (Å²) < 4.78 is 11.5. The summed E-state index contributed by atoms with van der Waals surface area (Å²) in [5.41, 5.74) is 0.286. The summed E-state index contributed by atoms with van der Waals surface area (Å²) in [7, 11) is 3.35. The lowest BCUT2D eigenvalue weighted by molar-refractivity contribution is 0.0129. The van der Waals surface area contributed by atoms with Gasteiger partial charge in [-0.25, -0.2) is 9.97 Å². The molecule has 1 N–H and O–H groups in total. The number of anilines is 1. The first-order chi connectivity index (χ1) is 12.1.